The van der Waals surface area contributed by atoms with Crippen LogP contribution in [0.2, 0.25) is 0 Å². The van der Waals surface area contributed by atoms with Gasteiger partial charge in [0.05, 0.1) is 17.6 Å². The molecular weight excluding hydrogens is 392 g/mol. The second-order valence-electron chi connectivity index (χ2n) is 7.14. The summed E-state index contributed by atoms with van der Waals surface area (Å²) >= 11 is 0. The third-order valence-corrected chi connectivity index (χ3v) is 7.43. The molecule has 0 spiro atoms. The molecule has 0 radical (unpaired) electrons. The lowest BCUT2D eigenvalue weighted by atomic mass is 9.97. The standard InChI is InChI=1S/C20H22N4O4S/c1-14-13-16(20(25)28-2)6-7-17(14)29(26,27)23-11-8-15(9-12-23)19-22-21-18-5-3-4-10-24(18)19/h3-7,10,13,15H,8-9,11-12H2,1-2H3. The van der Waals surface area contributed by atoms with E-state index in [2.05, 4.69) is 10.2 Å². The highest BCUT2D eigenvalue weighted by Gasteiger charge is 2.32. The number of sulfonamides is 1. The molecule has 0 atom stereocenters. The number of methoxy groups -OCH3 is 1. The van der Waals surface area contributed by atoms with Crippen molar-refractivity contribution in [3.05, 3.63) is 59.5 Å². The predicted molar refractivity (Wildman–Crippen MR) is 106 cm³/mol. The van der Waals surface area contributed by atoms with Crippen molar-refractivity contribution in [1.29, 1.82) is 0 Å². The minimum Gasteiger partial charge on any atom is -0.465 e. The average Bonchev–Trinajstić information content (AvgIpc) is 3.17. The van der Waals surface area contributed by atoms with Crippen LogP contribution in [0.15, 0.2) is 47.5 Å². The Morgan fingerprint density at radius 3 is 2.59 bits per heavy atom. The summed E-state index contributed by atoms with van der Waals surface area (Å²) in [5.74, 6) is 0.538. The minimum atomic E-state index is -3.64. The highest BCUT2D eigenvalue weighted by Crippen LogP contribution is 2.31. The van der Waals surface area contributed by atoms with Crippen LogP contribution in [0.1, 0.15) is 40.5 Å². The summed E-state index contributed by atoms with van der Waals surface area (Å²) in [5.41, 5.74) is 1.65. The summed E-state index contributed by atoms with van der Waals surface area (Å²) in [7, 11) is -2.34. The van der Waals surface area contributed by atoms with Crippen LogP contribution in [0.25, 0.3) is 5.65 Å². The first-order chi connectivity index (χ1) is 13.9. The van der Waals surface area contributed by atoms with E-state index in [1.165, 1.54) is 23.5 Å². The van der Waals surface area contributed by atoms with Crippen molar-refractivity contribution in [2.75, 3.05) is 20.2 Å². The van der Waals surface area contributed by atoms with E-state index in [0.29, 0.717) is 37.1 Å². The number of hydrogen-bond donors (Lipinski definition) is 0. The molecule has 3 aromatic rings. The van der Waals surface area contributed by atoms with E-state index in [-0.39, 0.29) is 10.8 Å². The largest absolute Gasteiger partial charge is 0.465 e. The van der Waals surface area contributed by atoms with Crippen molar-refractivity contribution < 1.29 is 17.9 Å². The summed E-state index contributed by atoms with van der Waals surface area (Å²) in [4.78, 5) is 11.9. The molecule has 8 nitrogen and oxygen atoms in total. The zero-order valence-corrected chi connectivity index (χ0v) is 17.1. The highest BCUT2D eigenvalue weighted by atomic mass is 32.2. The number of benzene rings is 1. The number of rotatable bonds is 4. The summed E-state index contributed by atoms with van der Waals surface area (Å²) < 4.78 is 34.5. The van der Waals surface area contributed by atoms with Gasteiger partial charge in [-0.1, -0.05) is 6.07 Å². The van der Waals surface area contributed by atoms with Crippen molar-refractivity contribution in [2.24, 2.45) is 0 Å². The van der Waals surface area contributed by atoms with E-state index in [1.54, 1.807) is 13.0 Å². The molecule has 0 saturated carbocycles. The molecule has 1 aliphatic heterocycles. The Hall–Kier alpha value is -2.78. The number of ether oxygens (including phenoxy) is 1. The Kier molecular flexibility index (Phi) is 5.10. The molecule has 4 rings (SSSR count). The average molecular weight is 414 g/mol. The highest BCUT2D eigenvalue weighted by molar-refractivity contribution is 7.89. The predicted octanol–water partition coefficient (Wildman–Crippen LogP) is 2.39. The Balaban J connectivity index is 1.52. The van der Waals surface area contributed by atoms with Gasteiger partial charge in [-0.25, -0.2) is 13.2 Å². The molecule has 29 heavy (non-hydrogen) atoms. The zero-order chi connectivity index (χ0) is 20.6. The van der Waals surface area contributed by atoms with Crippen molar-refractivity contribution in [3.63, 3.8) is 0 Å². The lowest BCUT2D eigenvalue weighted by molar-refractivity contribution is 0.0600. The number of aromatic nitrogens is 3. The second kappa shape index (κ2) is 7.57. The van der Waals surface area contributed by atoms with E-state index in [9.17, 15) is 13.2 Å². The van der Waals surface area contributed by atoms with Crippen LogP contribution >= 0.6 is 0 Å². The first kappa shape index (κ1) is 19.5. The number of hydrogen-bond acceptors (Lipinski definition) is 6. The van der Waals surface area contributed by atoms with Gasteiger partial charge in [-0.15, -0.1) is 10.2 Å². The molecule has 1 aromatic carbocycles. The third-order valence-electron chi connectivity index (χ3n) is 5.37. The van der Waals surface area contributed by atoms with Gasteiger partial charge in [-0.3, -0.25) is 4.40 Å². The molecule has 3 heterocycles. The van der Waals surface area contributed by atoms with E-state index in [1.807, 2.05) is 28.8 Å². The number of carbonyl (C=O) groups excluding carboxylic acids is 1. The van der Waals surface area contributed by atoms with Crippen LogP contribution in [-0.2, 0) is 14.8 Å². The molecule has 0 amide bonds. The Morgan fingerprint density at radius 1 is 1.14 bits per heavy atom. The second-order valence-corrected chi connectivity index (χ2v) is 9.04. The van der Waals surface area contributed by atoms with Crippen LogP contribution < -0.4 is 0 Å². The van der Waals surface area contributed by atoms with Crippen molar-refractivity contribution in [3.8, 4) is 0 Å². The molecule has 1 saturated heterocycles. The first-order valence-corrected chi connectivity index (χ1v) is 10.8. The van der Waals surface area contributed by atoms with Gasteiger partial charge < -0.3 is 4.74 Å². The van der Waals surface area contributed by atoms with Gasteiger partial charge in [0.25, 0.3) is 0 Å². The number of pyridine rings is 1. The van der Waals surface area contributed by atoms with E-state index >= 15 is 0 Å². The molecule has 1 fully saturated rings. The van der Waals surface area contributed by atoms with Gasteiger partial charge in [0.1, 0.15) is 5.82 Å². The quantitative estimate of drug-likeness (QED) is 0.609. The molecule has 152 valence electrons. The SMILES string of the molecule is COC(=O)c1ccc(S(=O)(=O)N2CCC(c3nnc4ccccn34)CC2)c(C)c1. The van der Waals surface area contributed by atoms with Crippen LogP contribution in [0.5, 0.6) is 0 Å². The van der Waals surface area contributed by atoms with Crippen molar-refractivity contribution >= 4 is 21.6 Å². The van der Waals surface area contributed by atoms with Crippen molar-refractivity contribution in [1.82, 2.24) is 18.9 Å². The number of piperidine rings is 1. The first-order valence-electron chi connectivity index (χ1n) is 9.40. The van der Waals surface area contributed by atoms with Crippen molar-refractivity contribution in [2.45, 2.75) is 30.6 Å². The van der Waals surface area contributed by atoms with E-state index in [0.717, 1.165) is 11.5 Å². The molecule has 2 aromatic heterocycles. The Morgan fingerprint density at radius 2 is 1.90 bits per heavy atom. The number of nitrogens with zero attached hydrogens (tertiary/aromatic N) is 4. The monoisotopic (exact) mass is 414 g/mol. The van der Waals surface area contributed by atoms with Crippen LogP contribution in [-0.4, -0.2) is 53.5 Å². The Bertz CT molecular complexity index is 1160. The summed E-state index contributed by atoms with van der Waals surface area (Å²) in [6.45, 7) is 2.51. The van der Waals surface area contributed by atoms with E-state index in [4.69, 9.17) is 4.74 Å². The maximum absolute atomic E-state index is 13.1. The lowest BCUT2D eigenvalue weighted by Crippen LogP contribution is -2.38. The number of fused-ring (bicyclic) bond motifs is 1. The van der Waals surface area contributed by atoms with Gasteiger partial charge in [-0.05, 0) is 55.7 Å². The van der Waals surface area contributed by atoms with Gasteiger partial charge in [0.15, 0.2) is 5.65 Å². The summed E-state index contributed by atoms with van der Waals surface area (Å²) in [6.07, 6.45) is 3.28. The molecule has 1 aliphatic rings. The number of carbonyl (C=O) groups is 1. The van der Waals surface area contributed by atoms with Gasteiger partial charge in [-0.2, -0.15) is 4.31 Å². The molecular formula is C20H22N4O4S. The normalized spacial score (nSPS) is 16.2. The lowest BCUT2D eigenvalue weighted by Gasteiger charge is -2.30. The maximum atomic E-state index is 13.1. The van der Waals surface area contributed by atoms with Crippen LogP contribution in [0.3, 0.4) is 0 Å². The smallest absolute Gasteiger partial charge is 0.337 e. The zero-order valence-electron chi connectivity index (χ0n) is 16.3. The maximum Gasteiger partial charge on any atom is 0.337 e. The molecule has 0 aliphatic carbocycles. The molecule has 0 N–H and O–H groups in total. The molecule has 0 bridgehead atoms. The third kappa shape index (κ3) is 3.51. The fourth-order valence-corrected chi connectivity index (χ4v) is 5.49. The van der Waals surface area contributed by atoms with Gasteiger partial charge in [0, 0.05) is 25.2 Å². The summed E-state index contributed by atoms with van der Waals surface area (Å²) in [5, 5.41) is 8.51. The Labute approximate surface area is 169 Å². The van der Waals surface area contributed by atoms with Gasteiger partial charge >= 0.3 is 5.97 Å². The topological polar surface area (TPSA) is 93.9 Å². The fraction of sp³-hybridized carbons (Fsp3) is 0.350. The van der Waals surface area contributed by atoms with E-state index < -0.39 is 16.0 Å². The van der Waals surface area contributed by atoms with Gasteiger partial charge in [0.2, 0.25) is 10.0 Å². The van der Waals surface area contributed by atoms with Crippen LogP contribution in [0, 0.1) is 6.92 Å². The molecule has 9 heteroatoms. The number of aryl methyl sites for hydroxylation is 1. The fourth-order valence-electron chi connectivity index (χ4n) is 3.82. The number of esters is 1. The molecule has 0 unspecified atom stereocenters. The van der Waals surface area contributed by atoms with Crippen LogP contribution in [0.4, 0.5) is 0 Å². The summed E-state index contributed by atoms with van der Waals surface area (Å²) in [6, 6.07) is 10.3. The minimum absolute atomic E-state index is 0.154.